The predicted octanol–water partition coefficient (Wildman–Crippen LogP) is 7.59. The van der Waals surface area contributed by atoms with Gasteiger partial charge in [-0.05, 0) is 43.5 Å². The van der Waals surface area contributed by atoms with Gasteiger partial charge in [-0.3, -0.25) is 4.79 Å². The number of benzene rings is 4. The maximum Gasteiger partial charge on any atom is 0.417 e. The van der Waals surface area contributed by atoms with Crippen LogP contribution in [0.3, 0.4) is 0 Å². The van der Waals surface area contributed by atoms with Crippen molar-refractivity contribution >= 4 is 12.0 Å². The lowest BCUT2D eigenvalue weighted by Crippen LogP contribution is -2.38. The van der Waals surface area contributed by atoms with Crippen LogP contribution in [-0.4, -0.2) is 22.5 Å². The number of imide groups is 1. The lowest BCUT2D eigenvalue weighted by atomic mass is 9.85. The topological polar surface area (TPSA) is 55.8 Å². The Morgan fingerprint density at radius 3 is 2.18 bits per heavy atom. The number of ether oxygens (including phenoxy) is 2. The van der Waals surface area contributed by atoms with Crippen LogP contribution in [0, 0.1) is 6.92 Å². The fourth-order valence-corrected chi connectivity index (χ4v) is 5.35. The second-order valence-corrected chi connectivity index (χ2v) is 10.5. The van der Waals surface area contributed by atoms with Gasteiger partial charge in [0.05, 0.1) is 0 Å². The van der Waals surface area contributed by atoms with Crippen LogP contribution in [0.1, 0.15) is 60.0 Å². The third-order valence-electron chi connectivity index (χ3n) is 7.21. The summed E-state index contributed by atoms with van der Waals surface area (Å²) in [6.45, 7) is 6.14. The third-order valence-corrected chi connectivity index (χ3v) is 7.21. The van der Waals surface area contributed by atoms with Gasteiger partial charge in [0, 0.05) is 17.9 Å². The average molecular weight is 520 g/mol. The van der Waals surface area contributed by atoms with Gasteiger partial charge < -0.3 is 9.47 Å². The van der Waals surface area contributed by atoms with Crippen molar-refractivity contribution in [2.45, 2.75) is 51.4 Å². The molecule has 1 aliphatic rings. The highest BCUT2D eigenvalue weighted by Gasteiger charge is 2.51. The first-order valence-electron chi connectivity index (χ1n) is 13.3. The van der Waals surface area contributed by atoms with E-state index in [2.05, 4.69) is 6.07 Å². The number of carbonyl (C=O) groups is 2. The fraction of sp³-hybridized carbons (Fsp3) is 0.235. The van der Waals surface area contributed by atoms with E-state index in [0.29, 0.717) is 6.61 Å². The summed E-state index contributed by atoms with van der Waals surface area (Å²) >= 11 is 0. The Balaban J connectivity index is 1.51. The van der Waals surface area contributed by atoms with E-state index in [-0.39, 0.29) is 18.2 Å². The molecule has 1 fully saturated rings. The summed E-state index contributed by atoms with van der Waals surface area (Å²) in [7, 11) is 0. The summed E-state index contributed by atoms with van der Waals surface area (Å²) in [5, 5.41) is 0. The molecule has 4 aromatic rings. The molecule has 0 spiro atoms. The van der Waals surface area contributed by atoms with Gasteiger partial charge in [0.2, 0.25) is 5.91 Å². The minimum absolute atomic E-state index is 0.0870. The Morgan fingerprint density at radius 1 is 0.897 bits per heavy atom. The molecule has 2 amide bonds. The molecule has 4 aromatic carbocycles. The van der Waals surface area contributed by atoms with E-state index in [1.54, 1.807) is 0 Å². The van der Waals surface area contributed by atoms with Crippen LogP contribution in [0.2, 0.25) is 0 Å². The van der Waals surface area contributed by atoms with Crippen LogP contribution in [0.15, 0.2) is 109 Å². The van der Waals surface area contributed by atoms with Gasteiger partial charge in [0.1, 0.15) is 24.0 Å². The van der Waals surface area contributed by atoms with E-state index >= 15 is 0 Å². The van der Waals surface area contributed by atoms with Crippen LogP contribution in [0.4, 0.5) is 4.79 Å². The maximum absolute atomic E-state index is 14.0. The van der Waals surface area contributed by atoms with Gasteiger partial charge in [-0.15, -0.1) is 0 Å². The molecular formula is C34H33NO4. The second kappa shape index (κ2) is 11.2. The lowest BCUT2D eigenvalue weighted by molar-refractivity contribution is -0.130. The van der Waals surface area contributed by atoms with E-state index in [1.165, 1.54) is 4.90 Å². The third kappa shape index (κ3) is 5.73. The highest BCUT2D eigenvalue weighted by Crippen LogP contribution is 2.43. The van der Waals surface area contributed by atoms with Gasteiger partial charge >= 0.3 is 6.09 Å². The van der Waals surface area contributed by atoms with Crippen molar-refractivity contribution in [1.82, 2.24) is 4.90 Å². The van der Waals surface area contributed by atoms with E-state index in [1.807, 2.05) is 124 Å². The van der Waals surface area contributed by atoms with E-state index in [9.17, 15) is 9.59 Å². The molecule has 0 aromatic heterocycles. The summed E-state index contributed by atoms with van der Waals surface area (Å²) in [6, 6.07) is 35.0. The van der Waals surface area contributed by atoms with Gasteiger partial charge in [0.15, 0.2) is 0 Å². The second-order valence-electron chi connectivity index (χ2n) is 10.5. The smallest absolute Gasteiger partial charge is 0.417 e. The van der Waals surface area contributed by atoms with Crippen molar-refractivity contribution in [3.63, 3.8) is 0 Å². The molecule has 0 aliphatic carbocycles. The lowest BCUT2D eigenvalue weighted by Gasteiger charge is -2.29. The molecule has 0 unspecified atom stereocenters. The summed E-state index contributed by atoms with van der Waals surface area (Å²) in [5.74, 6) is 0.108. The molecular weight excluding hydrogens is 486 g/mol. The summed E-state index contributed by atoms with van der Waals surface area (Å²) < 4.78 is 12.0. The first-order chi connectivity index (χ1) is 18.8. The standard InChI is InChI=1S/C34H33NO4/c1-24-19-20-30(38-23-25-13-7-4-8-14-25)29(21-24)28(26-15-9-5-10-16-26)22-31(36)35-32(27-17-11-6-12-18-27)34(2,3)39-33(35)37/h4-21,28,32H,22-23H2,1-3H3/t28-,32-/m1/s1. The van der Waals surface area contributed by atoms with Gasteiger partial charge in [-0.1, -0.05) is 109 Å². The van der Waals surface area contributed by atoms with Crippen LogP contribution in [-0.2, 0) is 16.1 Å². The molecule has 0 radical (unpaired) electrons. The Kier molecular flexibility index (Phi) is 7.51. The number of aryl methyl sites for hydroxylation is 1. The molecule has 0 saturated carbocycles. The first kappa shape index (κ1) is 26.2. The summed E-state index contributed by atoms with van der Waals surface area (Å²) in [5.41, 5.74) is 4.01. The molecule has 198 valence electrons. The number of carbonyl (C=O) groups excluding carboxylic acids is 2. The average Bonchev–Trinajstić information content (AvgIpc) is 3.20. The molecule has 5 rings (SSSR count). The van der Waals surface area contributed by atoms with Crippen molar-refractivity contribution in [3.8, 4) is 5.75 Å². The normalized spacial score (nSPS) is 16.9. The summed E-state index contributed by atoms with van der Waals surface area (Å²) in [6.07, 6.45) is -0.528. The van der Waals surface area contributed by atoms with Crippen LogP contribution in [0.25, 0.3) is 0 Å². The number of hydrogen-bond acceptors (Lipinski definition) is 4. The molecule has 39 heavy (non-hydrogen) atoms. The van der Waals surface area contributed by atoms with Crippen molar-refractivity contribution in [2.24, 2.45) is 0 Å². The highest BCUT2D eigenvalue weighted by atomic mass is 16.6. The van der Waals surface area contributed by atoms with Gasteiger partial charge in [-0.2, -0.15) is 0 Å². The van der Waals surface area contributed by atoms with Gasteiger partial charge in [0.25, 0.3) is 0 Å². The monoisotopic (exact) mass is 519 g/mol. The zero-order chi connectivity index (χ0) is 27.4. The maximum atomic E-state index is 14.0. The molecule has 0 N–H and O–H groups in total. The largest absolute Gasteiger partial charge is 0.489 e. The number of cyclic esters (lactones) is 1. The molecule has 1 heterocycles. The van der Waals surface area contributed by atoms with Crippen LogP contribution in [0.5, 0.6) is 5.75 Å². The highest BCUT2D eigenvalue weighted by molar-refractivity contribution is 5.95. The molecule has 1 aliphatic heterocycles. The number of nitrogens with zero attached hydrogens (tertiary/aromatic N) is 1. The zero-order valence-electron chi connectivity index (χ0n) is 22.5. The van der Waals surface area contributed by atoms with Crippen molar-refractivity contribution in [3.05, 3.63) is 137 Å². The number of amides is 2. The Hall–Kier alpha value is -4.38. The SMILES string of the molecule is Cc1ccc(OCc2ccccc2)c([C@H](CC(=O)N2C(=O)OC(C)(C)[C@H]2c2ccccc2)c2ccccc2)c1. The Bertz CT molecular complexity index is 1430. The summed E-state index contributed by atoms with van der Waals surface area (Å²) in [4.78, 5) is 28.4. The molecule has 1 saturated heterocycles. The quantitative estimate of drug-likeness (QED) is 0.241. The number of hydrogen-bond donors (Lipinski definition) is 0. The molecule has 5 heteroatoms. The van der Waals surface area contributed by atoms with Gasteiger partial charge in [-0.25, -0.2) is 9.69 Å². The van der Waals surface area contributed by atoms with Crippen LogP contribution >= 0.6 is 0 Å². The molecule has 5 nitrogen and oxygen atoms in total. The zero-order valence-corrected chi connectivity index (χ0v) is 22.5. The first-order valence-corrected chi connectivity index (χ1v) is 13.3. The van der Waals surface area contributed by atoms with Crippen LogP contribution < -0.4 is 4.74 Å². The minimum atomic E-state index is -0.858. The Labute approximate surface area is 230 Å². The van der Waals surface area contributed by atoms with Crippen molar-refractivity contribution < 1.29 is 19.1 Å². The fourth-order valence-electron chi connectivity index (χ4n) is 5.35. The Morgan fingerprint density at radius 2 is 1.51 bits per heavy atom. The molecule has 0 bridgehead atoms. The predicted molar refractivity (Wildman–Crippen MR) is 151 cm³/mol. The minimum Gasteiger partial charge on any atom is -0.489 e. The van der Waals surface area contributed by atoms with E-state index in [4.69, 9.17) is 9.47 Å². The van der Waals surface area contributed by atoms with E-state index < -0.39 is 17.7 Å². The van der Waals surface area contributed by atoms with Crippen molar-refractivity contribution in [1.29, 1.82) is 0 Å². The van der Waals surface area contributed by atoms with E-state index in [0.717, 1.165) is 33.6 Å². The number of rotatable bonds is 8. The molecule has 2 atom stereocenters. The van der Waals surface area contributed by atoms with Crippen molar-refractivity contribution in [2.75, 3.05) is 0 Å².